The Morgan fingerprint density at radius 1 is 1.43 bits per heavy atom. The molecule has 0 aliphatic heterocycles. The van der Waals surface area contributed by atoms with Gasteiger partial charge in [0.1, 0.15) is 5.75 Å². The van der Waals surface area contributed by atoms with E-state index >= 15 is 0 Å². The molecule has 1 aromatic carbocycles. The monoisotopic (exact) mass is 311 g/mol. The maximum absolute atomic E-state index is 11.2. The van der Waals surface area contributed by atoms with Crippen molar-refractivity contribution in [1.29, 1.82) is 0 Å². The van der Waals surface area contributed by atoms with E-state index in [1.165, 1.54) is 0 Å². The number of halogens is 1. The van der Waals surface area contributed by atoms with E-state index in [1.54, 1.807) is 0 Å². The summed E-state index contributed by atoms with van der Waals surface area (Å²) < 4.78 is 10.7. The minimum atomic E-state index is -0.138. The van der Waals surface area contributed by atoms with Crippen LogP contribution < -0.4 is 10.1 Å². The van der Waals surface area contributed by atoms with Crippen LogP contribution in [0, 0.1) is 5.92 Å². The van der Waals surface area contributed by atoms with Gasteiger partial charge in [-0.3, -0.25) is 4.79 Å². The lowest BCUT2D eigenvalue weighted by Crippen LogP contribution is -2.40. The summed E-state index contributed by atoms with van der Waals surface area (Å²) in [5.41, 5.74) is 0. The van der Waals surface area contributed by atoms with Crippen molar-refractivity contribution >= 4 is 17.6 Å². The first-order valence-corrected chi connectivity index (χ1v) is 7.83. The summed E-state index contributed by atoms with van der Waals surface area (Å²) in [5, 5.41) is 3.99. The summed E-state index contributed by atoms with van der Waals surface area (Å²) in [6.45, 7) is 3.87. The molecule has 0 spiro atoms. The smallest absolute Gasteiger partial charge is 0.307 e. The van der Waals surface area contributed by atoms with E-state index in [2.05, 4.69) is 5.32 Å². The highest BCUT2D eigenvalue weighted by molar-refractivity contribution is 6.30. The summed E-state index contributed by atoms with van der Waals surface area (Å²) in [5.74, 6) is 1.32. The van der Waals surface area contributed by atoms with Gasteiger partial charge >= 0.3 is 5.97 Å². The summed E-state index contributed by atoms with van der Waals surface area (Å²) in [6, 6.07) is 7.50. The summed E-state index contributed by atoms with van der Waals surface area (Å²) in [6.07, 6.45) is 2.79. The lowest BCUT2D eigenvalue weighted by atomic mass is 9.82. The molecule has 1 aliphatic carbocycles. The molecule has 1 fully saturated rings. The summed E-state index contributed by atoms with van der Waals surface area (Å²) in [7, 11) is 0. The number of nitrogens with one attached hydrogen (secondary N) is 1. The molecule has 1 aliphatic rings. The minimum absolute atomic E-state index is 0.138. The summed E-state index contributed by atoms with van der Waals surface area (Å²) >= 11 is 5.92. The van der Waals surface area contributed by atoms with Crippen LogP contribution in [0.25, 0.3) is 0 Å². The maximum Gasteiger partial charge on any atom is 0.307 e. The number of rotatable bonds is 8. The Morgan fingerprint density at radius 3 is 2.95 bits per heavy atom. The topological polar surface area (TPSA) is 47.6 Å². The third-order valence-corrected chi connectivity index (χ3v) is 3.77. The lowest BCUT2D eigenvalue weighted by Gasteiger charge is -2.35. The zero-order valence-electron chi connectivity index (χ0n) is 12.3. The maximum atomic E-state index is 11.2. The second kappa shape index (κ2) is 8.25. The van der Waals surface area contributed by atoms with Crippen LogP contribution in [0.2, 0.25) is 5.02 Å². The lowest BCUT2D eigenvalue weighted by molar-refractivity contribution is -0.143. The molecule has 21 heavy (non-hydrogen) atoms. The van der Waals surface area contributed by atoms with Gasteiger partial charge in [-0.1, -0.05) is 17.7 Å². The molecule has 0 unspecified atom stereocenters. The predicted octanol–water partition coefficient (Wildman–Crippen LogP) is 3.04. The van der Waals surface area contributed by atoms with E-state index in [1.807, 2.05) is 31.2 Å². The van der Waals surface area contributed by atoms with Gasteiger partial charge in [-0.15, -0.1) is 0 Å². The van der Waals surface area contributed by atoms with Crippen LogP contribution in [-0.2, 0) is 9.53 Å². The van der Waals surface area contributed by atoms with Crippen molar-refractivity contribution in [2.45, 2.75) is 32.3 Å². The third kappa shape index (κ3) is 5.56. The molecule has 1 saturated carbocycles. The number of benzene rings is 1. The molecule has 5 heteroatoms. The second-order valence-electron chi connectivity index (χ2n) is 5.29. The Bertz CT molecular complexity index is 461. The Morgan fingerprint density at radius 2 is 2.24 bits per heavy atom. The fourth-order valence-electron chi connectivity index (χ4n) is 2.40. The number of carbonyl (C=O) groups excluding carboxylic acids is 1. The Balaban J connectivity index is 1.54. The van der Waals surface area contributed by atoms with E-state index in [0.29, 0.717) is 30.5 Å². The molecule has 4 nitrogen and oxygen atoms in total. The van der Waals surface area contributed by atoms with Crippen LogP contribution in [0.4, 0.5) is 0 Å². The predicted molar refractivity (Wildman–Crippen MR) is 82.7 cm³/mol. The van der Waals surface area contributed by atoms with Crippen LogP contribution in [-0.4, -0.2) is 31.8 Å². The molecule has 0 atom stereocenters. The van der Waals surface area contributed by atoms with Gasteiger partial charge in [-0.2, -0.15) is 0 Å². The van der Waals surface area contributed by atoms with Gasteiger partial charge < -0.3 is 14.8 Å². The van der Waals surface area contributed by atoms with Crippen molar-refractivity contribution < 1.29 is 14.3 Å². The average molecular weight is 312 g/mol. The van der Waals surface area contributed by atoms with E-state index in [0.717, 1.165) is 25.1 Å². The average Bonchev–Trinajstić information content (AvgIpc) is 2.40. The molecular formula is C16H22ClNO3. The second-order valence-corrected chi connectivity index (χ2v) is 5.73. The molecule has 0 aromatic heterocycles. The number of hydrogen-bond donors (Lipinski definition) is 1. The van der Waals surface area contributed by atoms with E-state index in [9.17, 15) is 4.79 Å². The Hall–Kier alpha value is -1.26. The van der Waals surface area contributed by atoms with Crippen molar-refractivity contribution in [3.05, 3.63) is 29.3 Å². The zero-order valence-corrected chi connectivity index (χ0v) is 13.1. The highest BCUT2D eigenvalue weighted by atomic mass is 35.5. The Kier molecular flexibility index (Phi) is 6.33. The molecule has 1 N–H and O–H groups in total. The van der Waals surface area contributed by atoms with Crippen molar-refractivity contribution in [2.75, 3.05) is 19.7 Å². The quantitative estimate of drug-likeness (QED) is 0.592. The van der Waals surface area contributed by atoms with Crippen molar-refractivity contribution in [2.24, 2.45) is 5.92 Å². The standard InChI is InChI=1S/C16H22ClNO3/c1-2-20-16(19)6-7-18-11-12-8-15(9-12)21-14-5-3-4-13(17)10-14/h3-5,10,12,15,18H,2,6-9,11H2,1H3. The first-order chi connectivity index (χ1) is 10.2. The molecule has 116 valence electrons. The fraction of sp³-hybridized carbons (Fsp3) is 0.562. The van der Waals surface area contributed by atoms with Crippen LogP contribution in [0.5, 0.6) is 5.75 Å². The zero-order chi connectivity index (χ0) is 15.1. The normalized spacial score (nSPS) is 20.7. The van der Waals surface area contributed by atoms with Gasteiger partial charge in [0, 0.05) is 11.6 Å². The first-order valence-electron chi connectivity index (χ1n) is 7.46. The van der Waals surface area contributed by atoms with Gasteiger partial charge in [0.25, 0.3) is 0 Å². The highest BCUT2D eigenvalue weighted by Crippen LogP contribution is 2.31. The number of carbonyl (C=O) groups is 1. The van der Waals surface area contributed by atoms with E-state index < -0.39 is 0 Å². The minimum Gasteiger partial charge on any atom is -0.490 e. The molecule has 0 saturated heterocycles. The van der Waals surface area contributed by atoms with Crippen molar-refractivity contribution in [3.8, 4) is 5.75 Å². The Labute approximate surface area is 130 Å². The third-order valence-electron chi connectivity index (χ3n) is 3.54. The number of esters is 1. The molecule has 0 radical (unpaired) electrons. The van der Waals surface area contributed by atoms with Crippen LogP contribution in [0.3, 0.4) is 0 Å². The van der Waals surface area contributed by atoms with Gasteiger partial charge in [-0.05, 0) is 50.4 Å². The molecule has 0 heterocycles. The molecule has 2 rings (SSSR count). The fourth-order valence-corrected chi connectivity index (χ4v) is 2.58. The number of hydrogen-bond acceptors (Lipinski definition) is 4. The SMILES string of the molecule is CCOC(=O)CCNCC1CC(Oc2cccc(Cl)c2)C1. The van der Waals surface area contributed by atoms with Gasteiger partial charge in [0.2, 0.25) is 0 Å². The van der Waals surface area contributed by atoms with Gasteiger partial charge in [-0.25, -0.2) is 0 Å². The largest absolute Gasteiger partial charge is 0.490 e. The van der Waals surface area contributed by atoms with Gasteiger partial charge in [0.15, 0.2) is 0 Å². The van der Waals surface area contributed by atoms with Crippen molar-refractivity contribution in [1.82, 2.24) is 5.32 Å². The van der Waals surface area contributed by atoms with E-state index in [-0.39, 0.29) is 12.1 Å². The van der Waals surface area contributed by atoms with E-state index in [4.69, 9.17) is 21.1 Å². The molecule has 0 bridgehead atoms. The molecule has 1 aromatic rings. The number of ether oxygens (including phenoxy) is 2. The summed E-state index contributed by atoms with van der Waals surface area (Å²) in [4.78, 5) is 11.2. The van der Waals surface area contributed by atoms with Gasteiger partial charge in [0.05, 0.1) is 19.1 Å². The van der Waals surface area contributed by atoms with Crippen molar-refractivity contribution in [3.63, 3.8) is 0 Å². The van der Waals surface area contributed by atoms with Crippen LogP contribution >= 0.6 is 11.6 Å². The van der Waals surface area contributed by atoms with Crippen LogP contribution in [0.15, 0.2) is 24.3 Å². The highest BCUT2D eigenvalue weighted by Gasteiger charge is 2.30. The molecule has 0 amide bonds. The molecular weight excluding hydrogens is 290 g/mol. The van der Waals surface area contributed by atoms with Crippen LogP contribution in [0.1, 0.15) is 26.2 Å². The first kappa shape index (κ1) is 16.1.